The van der Waals surface area contributed by atoms with E-state index in [1.807, 2.05) is 18.2 Å². The number of morpholine rings is 1. The summed E-state index contributed by atoms with van der Waals surface area (Å²) in [5.74, 6) is 1.37. The molecule has 1 saturated heterocycles. The molecule has 0 radical (unpaired) electrons. The number of aromatic nitrogens is 2. The second kappa shape index (κ2) is 7.59. The van der Waals surface area contributed by atoms with E-state index >= 15 is 0 Å². The van der Waals surface area contributed by atoms with Crippen molar-refractivity contribution in [3.05, 3.63) is 36.0 Å². The van der Waals surface area contributed by atoms with E-state index in [2.05, 4.69) is 9.88 Å². The van der Waals surface area contributed by atoms with Crippen molar-refractivity contribution >= 4 is 21.3 Å². The van der Waals surface area contributed by atoms with Gasteiger partial charge in [0.1, 0.15) is 15.7 Å². The van der Waals surface area contributed by atoms with Gasteiger partial charge in [-0.05, 0) is 31.2 Å². The number of sulfone groups is 1. The highest BCUT2D eigenvalue weighted by molar-refractivity contribution is 7.91. The Kier molecular flexibility index (Phi) is 5.43. The summed E-state index contributed by atoms with van der Waals surface area (Å²) in [6.45, 7) is 4.50. The predicted molar refractivity (Wildman–Crippen MR) is 103 cm³/mol. The van der Waals surface area contributed by atoms with Gasteiger partial charge in [-0.2, -0.15) is 0 Å². The van der Waals surface area contributed by atoms with Crippen LogP contribution in [0.3, 0.4) is 0 Å². The minimum absolute atomic E-state index is 0.348. The predicted octanol–water partition coefficient (Wildman–Crippen LogP) is 1.54. The van der Waals surface area contributed by atoms with Crippen LogP contribution in [0, 0.1) is 0 Å². The Morgan fingerprint density at radius 3 is 2.46 bits per heavy atom. The van der Waals surface area contributed by atoms with E-state index in [4.69, 9.17) is 15.5 Å². The summed E-state index contributed by atoms with van der Waals surface area (Å²) < 4.78 is 29.1. The molecule has 0 aliphatic carbocycles. The third-order valence-electron chi connectivity index (χ3n) is 4.50. The van der Waals surface area contributed by atoms with Crippen molar-refractivity contribution in [2.75, 3.05) is 43.2 Å². The molecule has 0 amide bonds. The van der Waals surface area contributed by atoms with E-state index in [0.717, 1.165) is 24.5 Å². The topological polar surface area (TPSA) is 98.4 Å². The van der Waals surface area contributed by atoms with Crippen LogP contribution in [0.4, 0.5) is 11.5 Å². The van der Waals surface area contributed by atoms with Crippen molar-refractivity contribution in [3.8, 4) is 11.4 Å². The third-order valence-corrected chi connectivity index (χ3v) is 6.13. The van der Waals surface area contributed by atoms with Crippen LogP contribution in [-0.4, -0.2) is 56.2 Å². The molecule has 1 aromatic carbocycles. The fraction of sp³-hybridized carbons (Fsp3) is 0.444. The molecule has 7 nitrogen and oxygen atoms in total. The maximum absolute atomic E-state index is 11.8. The molecule has 0 bridgehead atoms. The molecule has 1 aliphatic heterocycles. The summed E-state index contributed by atoms with van der Waals surface area (Å²) in [5.41, 5.74) is 8.00. The quantitative estimate of drug-likeness (QED) is 0.790. The van der Waals surface area contributed by atoms with Crippen LogP contribution in [0.2, 0.25) is 0 Å². The Balaban J connectivity index is 1.99. The van der Waals surface area contributed by atoms with E-state index in [9.17, 15) is 8.42 Å². The lowest BCUT2D eigenvalue weighted by atomic mass is 10.1. The lowest BCUT2D eigenvalue weighted by Gasteiger charge is -2.28. The summed E-state index contributed by atoms with van der Waals surface area (Å²) >= 11 is 0. The van der Waals surface area contributed by atoms with Crippen molar-refractivity contribution in [2.45, 2.75) is 18.6 Å². The molecule has 1 aromatic heterocycles. The largest absolute Gasteiger partial charge is 0.399 e. The molecular weight excluding hydrogens is 352 g/mol. The summed E-state index contributed by atoms with van der Waals surface area (Å²) in [5, 5.41) is -0.505. The number of nitrogens with zero attached hydrogens (tertiary/aromatic N) is 3. The van der Waals surface area contributed by atoms with Gasteiger partial charge in [0.25, 0.3) is 0 Å². The lowest BCUT2D eigenvalue weighted by molar-refractivity contribution is 0.122. The molecule has 1 unspecified atom stereocenters. The average molecular weight is 376 g/mol. The van der Waals surface area contributed by atoms with Crippen LogP contribution in [-0.2, 0) is 21.0 Å². The SMILES string of the molecule is CC(Cc1cc(N2CCOCC2)nc(-c2ccc(N)cc2)n1)S(C)(=O)=O. The van der Waals surface area contributed by atoms with Crippen molar-refractivity contribution in [1.82, 2.24) is 9.97 Å². The van der Waals surface area contributed by atoms with E-state index in [-0.39, 0.29) is 0 Å². The Hall–Kier alpha value is -2.19. The van der Waals surface area contributed by atoms with Crippen LogP contribution in [0.25, 0.3) is 11.4 Å². The Labute approximate surface area is 154 Å². The first-order chi connectivity index (χ1) is 12.3. The van der Waals surface area contributed by atoms with Gasteiger partial charge in [-0.25, -0.2) is 18.4 Å². The third kappa shape index (κ3) is 4.50. The van der Waals surface area contributed by atoms with Crippen LogP contribution in [0.1, 0.15) is 12.6 Å². The zero-order valence-corrected chi connectivity index (χ0v) is 15.9. The average Bonchev–Trinajstić information content (AvgIpc) is 2.62. The molecule has 3 rings (SSSR count). The standard InChI is InChI=1S/C18H24N4O3S/c1-13(26(2,23)24)11-16-12-17(22-7-9-25-10-8-22)21-18(20-16)14-3-5-15(19)6-4-14/h3-6,12-13H,7-11,19H2,1-2H3. The summed E-state index contributed by atoms with van der Waals surface area (Å²) in [6.07, 6.45) is 1.60. The first-order valence-corrected chi connectivity index (χ1v) is 10.5. The fourth-order valence-corrected chi connectivity index (χ4v) is 3.22. The first kappa shape index (κ1) is 18.6. The highest BCUT2D eigenvalue weighted by Crippen LogP contribution is 2.23. The first-order valence-electron chi connectivity index (χ1n) is 8.58. The zero-order chi connectivity index (χ0) is 18.7. The molecule has 2 aromatic rings. The van der Waals surface area contributed by atoms with Gasteiger partial charge in [-0.1, -0.05) is 0 Å². The number of rotatable bonds is 5. The number of hydrogen-bond acceptors (Lipinski definition) is 7. The van der Waals surface area contributed by atoms with Gasteiger partial charge in [0.05, 0.1) is 18.5 Å². The van der Waals surface area contributed by atoms with Gasteiger partial charge in [0.2, 0.25) is 0 Å². The minimum Gasteiger partial charge on any atom is -0.399 e. The van der Waals surface area contributed by atoms with E-state index in [1.165, 1.54) is 6.26 Å². The van der Waals surface area contributed by atoms with Gasteiger partial charge in [-0.15, -0.1) is 0 Å². The van der Waals surface area contributed by atoms with Gasteiger partial charge >= 0.3 is 0 Å². The Bertz CT molecular complexity index is 863. The van der Waals surface area contributed by atoms with E-state index < -0.39 is 15.1 Å². The smallest absolute Gasteiger partial charge is 0.161 e. The molecule has 1 atom stereocenters. The molecule has 140 valence electrons. The molecule has 26 heavy (non-hydrogen) atoms. The molecule has 0 spiro atoms. The van der Waals surface area contributed by atoms with Gasteiger partial charge in [0.15, 0.2) is 5.82 Å². The van der Waals surface area contributed by atoms with Gasteiger partial charge in [0, 0.05) is 48.8 Å². The van der Waals surface area contributed by atoms with E-state index in [0.29, 0.717) is 36.8 Å². The second-order valence-electron chi connectivity index (χ2n) is 6.61. The van der Waals surface area contributed by atoms with Gasteiger partial charge < -0.3 is 15.4 Å². The van der Waals surface area contributed by atoms with E-state index in [1.54, 1.807) is 19.1 Å². The highest BCUT2D eigenvalue weighted by atomic mass is 32.2. The number of hydrogen-bond donors (Lipinski definition) is 1. The molecule has 2 heterocycles. The fourth-order valence-electron chi connectivity index (χ4n) is 2.75. The van der Waals surface area contributed by atoms with Crippen LogP contribution in [0.5, 0.6) is 0 Å². The van der Waals surface area contributed by atoms with Crippen molar-refractivity contribution in [2.24, 2.45) is 0 Å². The normalized spacial score (nSPS) is 16.5. The van der Waals surface area contributed by atoms with Crippen molar-refractivity contribution < 1.29 is 13.2 Å². The monoisotopic (exact) mass is 376 g/mol. The summed E-state index contributed by atoms with van der Waals surface area (Å²) in [4.78, 5) is 11.4. The van der Waals surface area contributed by atoms with Crippen molar-refractivity contribution in [1.29, 1.82) is 0 Å². The molecule has 0 saturated carbocycles. The number of nitrogens with two attached hydrogens (primary N) is 1. The molecule has 1 fully saturated rings. The molecule has 8 heteroatoms. The van der Waals surface area contributed by atoms with Crippen LogP contribution < -0.4 is 10.6 Å². The molecule has 1 aliphatic rings. The number of nitrogen functional groups attached to an aromatic ring is 1. The Morgan fingerprint density at radius 1 is 1.19 bits per heavy atom. The second-order valence-corrected chi connectivity index (χ2v) is 9.07. The number of anilines is 2. The van der Waals surface area contributed by atoms with Crippen molar-refractivity contribution in [3.63, 3.8) is 0 Å². The maximum atomic E-state index is 11.8. The summed E-state index contributed by atoms with van der Waals surface area (Å²) in [6, 6.07) is 9.24. The number of ether oxygens (including phenoxy) is 1. The number of benzene rings is 1. The zero-order valence-electron chi connectivity index (χ0n) is 15.1. The van der Waals surface area contributed by atoms with Crippen LogP contribution in [0.15, 0.2) is 30.3 Å². The van der Waals surface area contributed by atoms with Gasteiger partial charge in [-0.3, -0.25) is 0 Å². The molecule has 2 N–H and O–H groups in total. The highest BCUT2D eigenvalue weighted by Gasteiger charge is 2.20. The molecular formula is C18H24N4O3S. The summed E-state index contributed by atoms with van der Waals surface area (Å²) in [7, 11) is -3.13. The van der Waals surface area contributed by atoms with Crippen LogP contribution >= 0.6 is 0 Å². The minimum atomic E-state index is -3.13. The Morgan fingerprint density at radius 2 is 1.85 bits per heavy atom. The lowest BCUT2D eigenvalue weighted by Crippen LogP contribution is -2.37. The maximum Gasteiger partial charge on any atom is 0.161 e.